The molecule has 0 aliphatic heterocycles. The fraction of sp³-hybridized carbons (Fsp3) is 0.0278. The van der Waals surface area contributed by atoms with Gasteiger partial charge in [-0.3, -0.25) is 0 Å². The van der Waals surface area contributed by atoms with E-state index in [1.807, 2.05) is 0 Å². The van der Waals surface area contributed by atoms with Crippen molar-refractivity contribution in [3.63, 3.8) is 0 Å². The normalized spacial score (nSPS) is 15.2. The van der Waals surface area contributed by atoms with Gasteiger partial charge in [0.15, 0.2) is 0 Å². The van der Waals surface area contributed by atoms with Crippen molar-refractivity contribution in [2.75, 3.05) is 9.80 Å². The van der Waals surface area contributed by atoms with E-state index in [0.29, 0.717) is 0 Å². The molecule has 344 valence electrons. The lowest BCUT2D eigenvalue weighted by Crippen LogP contribution is -2.28. The summed E-state index contributed by atoms with van der Waals surface area (Å²) in [6.45, 7) is 0. The van der Waals surface area contributed by atoms with Crippen molar-refractivity contribution in [3.8, 4) is 44.5 Å². The second-order valence-corrected chi connectivity index (χ2v) is 20.2. The summed E-state index contributed by atoms with van der Waals surface area (Å²) in [5, 5.41) is 2.47. The fourth-order valence-electron chi connectivity index (χ4n) is 14.3. The summed E-state index contributed by atoms with van der Waals surface area (Å²) < 4.78 is 0. The molecule has 1 atom stereocenters. The summed E-state index contributed by atoms with van der Waals surface area (Å²) in [6.07, 6.45) is 0. The smallest absolute Gasteiger partial charge is 0.0747 e. The molecular formula is C72H46N2. The van der Waals surface area contributed by atoms with Crippen molar-refractivity contribution in [2.45, 2.75) is 10.8 Å². The van der Waals surface area contributed by atoms with E-state index in [4.69, 9.17) is 0 Å². The molecule has 16 rings (SSSR count). The number of hydrogen-bond donors (Lipinski definition) is 0. The molecule has 0 fully saturated rings. The van der Waals surface area contributed by atoms with E-state index < -0.39 is 10.8 Å². The Bertz CT molecular complexity index is 4190. The Morgan fingerprint density at radius 3 is 1.08 bits per heavy atom. The van der Waals surface area contributed by atoms with Crippen molar-refractivity contribution in [2.24, 2.45) is 0 Å². The van der Waals surface area contributed by atoms with Gasteiger partial charge in [-0.15, -0.1) is 0 Å². The molecule has 12 aromatic carbocycles. The molecule has 0 amide bonds. The van der Waals surface area contributed by atoms with Gasteiger partial charge in [0.1, 0.15) is 0 Å². The van der Waals surface area contributed by atoms with Crippen LogP contribution >= 0.6 is 0 Å². The first-order valence-electron chi connectivity index (χ1n) is 25.9. The van der Waals surface area contributed by atoms with Crippen LogP contribution in [-0.2, 0) is 10.8 Å². The van der Waals surface area contributed by atoms with Crippen LogP contribution in [0.2, 0.25) is 0 Å². The topological polar surface area (TPSA) is 6.48 Å². The number of rotatable bonds is 6. The van der Waals surface area contributed by atoms with E-state index in [1.54, 1.807) is 0 Å². The van der Waals surface area contributed by atoms with Crippen LogP contribution in [0.5, 0.6) is 0 Å². The van der Waals surface area contributed by atoms with Gasteiger partial charge < -0.3 is 9.80 Å². The van der Waals surface area contributed by atoms with Gasteiger partial charge in [0.25, 0.3) is 0 Å². The Hall–Kier alpha value is -9.50. The maximum atomic E-state index is 2.58. The molecule has 2 spiro atoms. The van der Waals surface area contributed by atoms with Gasteiger partial charge in [0.2, 0.25) is 0 Å². The van der Waals surface area contributed by atoms with Crippen LogP contribution in [0.4, 0.5) is 34.1 Å². The lowest BCUT2D eigenvalue weighted by molar-refractivity contribution is 0.793. The number of hydrogen-bond acceptors (Lipinski definition) is 2. The fourth-order valence-corrected chi connectivity index (χ4v) is 14.3. The zero-order valence-corrected chi connectivity index (χ0v) is 40.5. The predicted octanol–water partition coefficient (Wildman–Crippen LogP) is 18.5. The molecule has 12 aromatic rings. The van der Waals surface area contributed by atoms with E-state index in [1.165, 1.54) is 105 Å². The molecule has 0 saturated heterocycles. The molecule has 4 aliphatic carbocycles. The van der Waals surface area contributed by atoms with Gasteiger partial charge in [-0.2, -0.15) is 0 Å². The molecule has 0 saturated carbocycles. The monoisotopic (exact) mass is 938 g/mol. The highest BCUT2D eigenvalue weighted by molar-refractivity contribution is 6.12. The Balaban J connectivity index is 1.02. The Labute approximate surface area is 431 Å². The van der Waals surface area contributed by atoms with E-state index in [9.17, 15) is 0 Å². The molecule has 0 bridgehead atoms. The minimum absolute atomic E-state index is 0.480. The third-order valence-electron chi connectivity index (χ3n) is 16.8. The van der Waals surface area contributed by atoms with Gasteiger partial charge in [-0.1, -0.05) is 224 Å². The van der Waals surface area contributed by atoms with E-state index in [0.717, 1.165) is 28.4 Å². The van der Waals surface area contributed by atoms with Crippen LogP contribution in [0.1, 0.15) is 44.5 Å². The Morgan fingerprint density at radius 1 is 0.230 bits per heavy atom. The summed E-state index contributed by atoms with van der Waals surface area (Å²) in [5.74, 6) is 0. The van der Waals surface area contributed by atoms with Crippen LogP contribution in [0, 0.1) is 0 Å². The van der Waals surface area contributed by atoms with Gasteiger partial charge in [0, 0.05) is 33.8 Å². The first kappa shape index (κ1) is 41.2. The molecule has 1 unspecified atom stereocenters. The van der Waals surface area contributed by atoms with Crippen LogP contribution in [0.15, 0.2) is 279 Å². The Kier molecular flexibility index (Phi) is 8.62. The standard InChI is InChI=1S/C72H46N2/c1-4-25-48(26-5-1)73(49-27-6-2-7-28-49)66-46-47-24-10-11-31-51(47)67-54-34-14-20-40-60(54)72(70(66)67)61-41-21-16-36-56(61)69-63(72)43-23-45-65(69)74(50-29-8-3-9-30-50)64-44-22-42-62-68(64)55-35-15-19-39-59(55)71(62)57-37-17-12-32-52(57)53-33-13-18-38-58(53)71/h1-46H. The maximum Gasteiger partial charge on any atom is 0.0747 e. The van der Waals surface area contributed by atoms with Crippen molar-refractivity contribution in [1.82, 2.24) is 0 Å². The minimum Gasteiger partial charge on any atom is -0.310 e. The van der Waals surface area contributed by atoms with Crippen LogP contribution in [-0.4, -0.2) is 0 Å². The average molecular weight is 939 g/mol. The van der Waals surface area contributed by atoms with Crippen molar-refractivity contribution in [1.29, 1.82) is 0 Å². The van der Waals surface area contributed by atoms with Gasteiger partial charge >= 0.3 is 0 Å². The first-order chi connectivity index (χ1) is 36.8. The molecule has 0 N–H and O–H groups in total. The highest BCUT2D eigenvalue weighted by Gasteiger charge is 2.56. The average Bonchev–Trinajstić information content (AvgIpc) is 4.33. The summed E-state index contributed by atoms with van der Waals surface area (Å²) in [7, 11) is 0. The van der Waals surface area contributed by atoms with Crippen molar-refractivity contribution in [3.05, 3.63) is 324 Å². The Morgan fingerprint density at radius 2 is 0.581 bits per heavy atom. The number of nitrogens with zero attached hydrogens (tertiary/aromatic N) is 2. The van der Waals surface area contributed by atoms with Crippen LogP contribution in [0.3, 0.4) is 0 Å². The number of para-hydroxylation sites is 3. The molecule has 0 heterocycles. The third-order valence-corrected chi connectivity index (χ3v) is 16.8. The summed E-state index contributed by atoms with van der Waals surface area (Å²) in [4.78, 5) is 5.08. The molecule has 2 heteroatoms. The molecule has 4 aliphatic rings. The second-order valence-electron chi connectivity index (χ2n) is 20.2. The minimum atomic E-state index is -0.691. The highest BCUT2D eigenvalue weighted by atomic mass is 15.2. The van der Waals surface area contributed by atoms with Gasteiger partial charge in [-0.05, 0) is 138 Å². The highest BCUT2D eigenvalue weighted by Crippen LogP contribution is 2.69. The maximum absolute atomic E-state index is 2.58. The lowest BCUT2D eigenvalue weighted by Gasteiger charge is -2.36. The molecular weight excluding hydrogens is 893 g/mol. The lowest BCUT2D eigenvalue weighted by atomic mass is 9.69. The van der Waals surface area contributed by atoms with E-state index >= 15 is 0 Å². The summed E-state index contributed by atoms with van der Waals surface area (Å²) in [5.41, 5.74) is 26.3. The van der Waals surface area contributed by atoms with E-state index in [2.05, 4.69) is 289 Å². The molecule has 74 heavy (non-hydrogen) atoms. The molecule has 2 nitrogen and oxygen atoms in total. The van der Waals surface area contributed by atoms with Gasteiger partial charge in [0.05, 0.1) is 27.9 Å². The van der Waals surface area contributed by atoms with Crippen molar-refractivity contribution < 1.29 is 0 Å². The molecule has 0 aromatic heterocycles. The molecule has 0 radical (unpaired) electrons. The number of fused-ring (bicyclic) bond motifs is 22. The predicted molar refractivity (Wildman–Crippen MR) is 306 cm³/mol. The largest absolute Gasteiger partial charge is 0.310 e. The van der Waals surface area contributed by atoms with Crippen molar-refractivity contribution >= 4 is 44.9 Å². The zero-order valence-electron chi connectivity index (χ0n) is 40.5. The summed E-state index contributed by atoms with van der Waals surface area (Å²) in [6, 6.07) is 105. The van der Waals surface area contributed by atoms with Crippen LogP contribution in [0.25, 0.3) is 55.3 Å². The van der Waals surface area contributed by atoms with E-state index in [-0.39, 0.29) is 0 Å². The second kappa shape index (κ2) is 15.5. The van der Waals surface area contributed by atoms with Gasteiger partial charge in [-0.25, -0.2) is 0 Å². The SMILES string of the molecule is c1ccc(N(c2ccccc2)c2cc3ccccc3c3c2C2(c4ccccc4-c4c(N(c5ccccc5)c5cccc6c5-c5ccccc5C65c6ccccc6-c6ccccc65)cccc42)c2ccccc2-3)cc1. The third kappa shape index (κ3) is 5.23. The zero-order chi connectivity index (χ0) is 48.5. The quantitative estimate of drug-likeness (QED) is 0.164. The number of benzene rings is 12. The first-order valence-corrected chi connectivity index (χ1v) is 25.9. The van der Waals surface area contributed by atoms with Crippen LogP contribution < -0.4 is 9.80 Å². The number of anilines is 6. The summed E-state index contributed by atoms with van der Waals surface area (Å²) >= 11 is 0.